The Balaban J connectivity index is 1.76. The van der Waals surface area contributed by atoms with Crippen LogP contribution in [0.1, 0.15) is 37.4 Å². The summed E-state index contributed by atoms with van der Waals surface area (Å²) in [5.74, 6) is -0.755. The van der Waals surface area contributed by atoms with Gasteiger partial charge in [-0.2, -0.15) is 13.2 Å². The van der Waals surface area contributed by atoms with Crippen LogP contribution in [0.3, 0.4) is 0 Å². The summed E-state index contributed by atoms with van der Waals surface area (Å²) in [5, 5.41) is 2.87. The largest absolute Gasteiger partial charge is 0.459 e. The average Bonchev–Trinajstić information content (AvgIpc) is 3.00. The van der Waals surface area contributed by atoms with E-state index in [9.17, 15) is 18.0 Å². The van der Waals surface area contributed by atoms with Crippen LogP contribution in [0.25, 0.3) is 0 Å². The van der Waals surface area contributed by atoms with Crippen LogP contribution in [0.2, 0.25) is 0 Å². The first-order valence-electron chi connectivity index (χ1n) is 7.28. The fourth-order valence-electron chi connectivity index (χ4n) is 2.12. The molecule has 0 radical (unpaired) electrons. The summed E-state index contributed by atoms with van der Waals surface area (Å²) in [6, 6.07) is 0. The number of hydrogen-bond donors (Lipinski definition) is 0. The number of ether oxygens (including phenoxy) is 3. The molecule has 9 heteroatoms. The van der Waals surface area contributed by atoms with E-state index < -0.39 is 30.6 Å². The maximum Gasteiger partial charge on any atom is 0.437 e. The van der Waals surface area contributed by atoms with Crippen molar-refractivity contribution in [3.8, 4) is 0 Å². The second-order valence-electron chi connectivity index (χ2n) is 5.26. The third kappa shape index (κ3) is 5.21. The minimum Gasteiger partial charge on any atom is -0.459 e. The van der Waals surface area contributed by atoms with Gasteiger partial charge in [0, 0.05) is 6.61 Å². The zero-order valence-electron chi connectivity index (χ0n) is 12.6. The average molecular weight is 337 g/mol. The van der Waals surface area contributed by atoms with Crippen molar-refractivity contribution in [2.45, 2.75) is 51.2 Å². The van der Waals surface area contributed by atoms with Crippen molar-refractivity contribution in [2.75, 3.05) is 13.2 Å². The van der Waals surface area contributed by atoms with Crippen LogP contribution in [0.15, 0.2) is 10.8 Å². The SMILES string of the molecule is C[C@H](OC[C@H]1CCCCO1)C(=O)OCc1conc1C(F)(F)F. The fourth-order valence-corrected chi connectivity index (χ4v) is 2.12. The molecule has 0 saturated carbocycles. The molecule has 0 aromatic carbocycles. The molecule has 1 aliphatic rings. The van der Waals surface area contributed by atoms with Crippen molar-refractivity contribution in [1.29, 1.82) is 0 Å². The molecule has 0 spiro atoms. The van der Waals surface area contributed by atoms with Crippen molar-refractivity contribution >= 4 is 5.97 Å². The van der Waals surface area contributed by atoms with Crippen LogP contribution in [0.5, 0.6) is 0 Å². The molecule has 0 bridgehead atoms. The van der Waals surface area contributed by atoms with Gasteiger partial charge in [-0.25, -0.2) is 4.79 Å². The molecule has 2 atom stereocenters. The quantitative estimate of drug-likeness (QED) is 0.743. The van der Waals surface area contributed by atoms with E-state index in [2.05, 4.69) is 9.68 Å². The van der Waals surface area contributed by atoms with Gasteiger partial charge in [0.1, 0.15) is 12.9 Å². The molecular weight excluding hydrogens is 319 g/mol. The molecule has 130 valence electrons. The number of alkyl halides is 3. The first-order chi connectivity index (χ1) is 10.9. The Morgan fingerprint density at radius 1 is 1.48 bits per heavy atom. The highest BCUT2D eigenvalue weighted by Gasteiger charge is 2.37. The number of aromatic nitrogens is 1. The van der Waals surface area contributed by atoms with E-state index in [-0.39, 0.29) is 18.3 Å². The molecule has 2 heterocycles. The van der Waals surface area contributed by atoms with E-state index in [4.69, 9.17) is 14.2 Å². The number of esters is 1. The number of nitrogens with zero attached hydrogens (tertiary/aromatic N) is 1. The predicted octanol–water partition coefficient (Wildman–Crippen LogP) is 2.71. The smallest absolute Gasteiger partial charge is 0.437 e. The fraction of sp³-hybridized carbons (Fsp3) is 0.714. The molecule has 1 aliphatic heterocycles. The molecule has 0 N–H and O–H groups in total. The number of hydrogen-bond acceptors (Lipinski definition) is 6. The lowest BCUT2D eigenvalue weighted by Gasteiger charge is -2.23. The van der Waals surface area contributed by atoms with Crippen LogP contribution in [-0.2, 0) is 31.8 Å². The van der Waals surface area contributed by atoms with Gasteiger partial charge in [-0.1, -0.05) is 5.16 Å². The van der Waals surface area contributed by atoms with Gasteiger partial charge in [0.2, 0.25) is 0 Å². The van der Waals surface area contributed by atoms with Gasteiger partial charge in [-0.15, -0.1) is 0 Å². The molecule has 1 fully saturated rings. The highest BCUT2D eigenvalue weighted by molar-refractivity contribution is 5.74. The van der Waals surface area contributed by atoms with Gasteiger partial charge in [0.25, 0.3) is 0 Å². The van der Waals surface area contributed by atoms with Gasteiger partial charge >= 0.3 is 12.1 Å². The topological polar surface area (TPSA) is 70.8 Å². The molecule has 1 aromatic rings. The van der Waals surface area contributed by atoms with Crippen molar-refractivity contribution in [2.24, 2.45) is 0 Å². The van der Waals surface area contributed by atoms with Gasteiger partial charge in [0.05, 0.1) is 18.3 Å². The Morgan fingerprint density at radius 3 is 2.91 bits per heavy atom. The molecule has 0 amide bonds. The first kappa shape index (κ1) is 17.7. The number of rotatable bonds is 6. The molecule has 6 nitrogen and oxygen atoms in total. The highest BCUT2D eigenvalue weighted by atomic mass is 19.4. The number of carbonyl (C=O) groups is 1. The van der Waals surface area contributed by atoms with Gasteiger partial charge in [-0.05, 0) is 26.2 Å². The maximum atomic E-state index is 12.6. The summed E-state index contributed by atoms with van der Waals surface area (Å²) in [4.78, 5) is 11.8. The Hall–Kier alpha value is -1.61. The molecule has 0 aliphatic carbocycles. The molecule has 23 heavy (non-hydrogen) atoms. The van der Waals surface area contributed by atoms with Crippen LogP contribution >= 0.6 is 0 Å². The zero-order chi connectivity index (χ0) is 16.9. The van der Waals surface area contributed by atoms with Gasteiger partial charge < -0.3 is 18.7 Å². The Morgan fingerprint density at radius 2 is 2.26 bits per heavy atom. The predicted molar refractivity (Wildman–Crippen MR) is 70.3 cm³/mol. The highest BCUT2D eigenvalue weighted by Crippen LogP contribution is 2.31. The van der Waals surface area contributed by atoms with E-state index in [1.165, 1.54) is 6.92 Å². The molecule has 2 rings (SSSR count). The van der Waals surface area contributed by atoms with Crippen molar-refractivity contribution in [3.05, 3.63) is 17.5 Å². The summed E-state index contributed by atoms with van der Waals surface area (Å²) in [5.41, 5.74) is -1.54. The second kappa shape index (κ2) is 7.78. The maximum absolute atomic E-state index is 12.6. The van der Waals surface area contributed by atoms with E-state index in [1.54, 1.807) is 0 Å². The van der Waals surface area contributed by atoms with Crippen LogP contribution in [-0.4, -0.2) is 36.5 Å². The van der Waals surface area contributed by atoms with Gasteiger partial charge in [0.15, 0.2) is 11.8 Å². The standard InChI is InChI=1S/C14H18F3NO5/c1-9(21-8-11-4-2-3-5-20-11)13(19)22-6-10-7-23-18-12(10)14(15,16)17/h7,9,11H,2-6,8H2,1H3/t9-,11+/m0/s1. The number of carbonyl (C=O) groups excluding carboxylic acids is 1. The van der Waals surface area contributed by atoms with Crippen molar-refractivity contribution in [1.82, 2.24) is 5.16 Å². The van der Waals surface area contributed by atoms with E-state index in [1.807, 2.05) is 0 Å². The third-order valence-corrected chi connectivity index (χ3v) is 3.42. The zero-order valence-corrected chi connectivity index (χ0v) is 12.6. The minimum atomic E-state index is -4.66. The summed E-state index contributed by atoms with van der Waals surface area (Å²) < 4.78 is 57.7. The van der Waals surface area contributed by atoms with Crippen LogP contribution in [0.4, 0.5) is 13.2 Å². The second-order valence-corrected chi connectivity index (χ2v) is 5.26. The van der Waals surface area contributed by atoms with E-state index in [0.717, 1.165) is 25.5 Å². The van der Waals surface area contributed by atoms with Gasteiger partial charge in [-0.3, -0.25) is 0 Å². The molecular formula is C14H18F3NO5. The molecule has 1 aromatic heterocycles. The van der Waals surface area contributed by atoms with E-state index >= 15 is 0 Å². The van der Waals surface area contributed by atoms with Crippen LogP contribution in [0, 0.1) is 0 Å². The summed E-state index contributed by atoms with van der Waals surface area (Å²) in [7, 11) is 0. The molecule has 1 saturated heterocycles. The lowest BCUT2D eigenvalue weighted by molar-refractivity contribution is -0.161. The van der Waals surface area contributed by atoms with Crippen molar-refractivity contribution < 1.29 is 36.7 Å². The first-order valence-corrected chi connectivity index (χ1v) is 7.28. The third-order valence-electron chi connectivity index (χ3n) is 3.42. The lowest BCUT2D eigenvalue weighted by atomic mass is 10.1. The normalized spacial score (nSPS) is 20.3. The minimum absolute atomic E-state index is 0.0612. The number of halogens is 3. The Bertz CT molecular complexity index is 511. The monoisotopic (exact) mass is 337 g/mol. The van der Waals surface area contributed by atoms with E-state index in [0.29, 0.717) is 6.61 Å². The molecule has 0 unspecified atom stereocenters. The Kier molecular flexibility index (Phi) is 6.00. The van der Waals surface area contributed by atoms with Crippen LogP contribution < -0.4 is 0 Å². The summed E-state index contributed by atoms with van der Waals surface area (Å²) >= 11 is 0. The lowest BCUT2D eigenvalue weighted by Crippen LogP contribution is -2.30. The Labute approximate surface area is 130 Å². The summed E-state index contributed by atoms with van der Waals surface area (Å²) in [6.45, 7) is 1.81. The summed E-state index contributed by atoms with van der Waals surface area (Å²) in [6.07, 6.45) is -1.90. The van der Waals surface area contributed by atoms with Crippen molar-refractivity contribution in [3.63, 3.8) is 0 Å².